The Labute approximate surface area is 293 Å². The molecule has 238 valence electrons. The van der Waals surface area contributed by atoms with Gasteiger partial charge in [-0.2, -0.15) is 0 Å². The zero-order valence-electron chi connectivity index (χ0n) is 28.8. The summed E-state index contributed by atoms with van der Waals surface area (Å²) in [5, 5.41) is 4.88. The Hall–Kier alpha value is -5.86. The van der Waals surface area contributed by atoms with Gasteiger partial charge in [0, 0.05) is 34.4 Å². The molecule has 1 aromatic heterocycles. The van der Waals surface area contributed by atoms with Crippen molar-refractivity contribution in [1.82, 2.24) is 9.97 Å². The molecular weight excluding hydrogens is 605 g/mol. The molecule has 0 radical (unpaired) electrons. The number of fused-ring (bicyclic) bond motifs is 8. The molecule has 0 aliphatic heterocycles. The number of aromatic nitrogens is 2. The fraction of sp³-hybridized carbons (Fsp3) is 0.125. The van der Waals surface area contributed by atoms with E-state index in [-0.39, 0.29) is 10.8 Å². The van der Waals surface area contributed by atoms with Crippen LogP contribution in [-0.2, 0) is 10.8 Å². The fourth-order valence-corrected chi connectivity index (χ4v) is 9.23. The average Bonchev–Trinajstić information content (AvgIpc) is 3.53. The van der Waals surface area contributed by atoms with Crippen molar-refractivity contribution >= 4 is 21.5 Å². The molecule has 7 aromatic carbocycles. The lowest BCUT2D eigenvalue weighted by atomic mass is 9.80. The van der Waals surface area contributed by atoms with Gasteiger partial charge in [-0.25, -0.2) is 9.97 Å². The molecule has 2 aliphatic rings. The topological polar surface area (TPSA) is 25.8 Å². The van der Waals surface area contributed by atoms with Gasteiger partial charge in [-0.3, -0.25) is 0 Å². The number of rotatable bonds is 3. The van der Waals surface area contributed by atoms with Crippen molar-refractivity contribution in [2.45, 2.75) is 38.5 Å². The predicted octanol–water partition coefficient (Wildman–Crippen LogP) is 12.4. The molecule has 2 aliphatic carbocycles. The first-order chi connectivity index (χ1) is 24.3. The van der Waals surface area contributed by atoms with Gasteiger partial charge in [0.25, 0.3) is 0 Å². The molecule has 0 fully saturated rings. The summed E-state index contributed by atoms with van der Waals surface area (Å²) in [7, 11) is 0. The summed E-state index contributed by atoms with van der Waals surface area (Å²) < 4.78 is 0. The molecule has 2 nitrogen and oxygen atoms in total. The van der Waals surface area contributed by atoms with E-state index < -0.39 is 0 Å². The van der Waals surface area contributed by atoms with Crippen LogP contribution in [0.25, 0.3) is 77.2 Å². The Bertz CT molecular complexity index is 2700. The second-order valence-electron chi connectivity index (χ2n) is 15.0. The lowest BCUT2D eigenvalue weighted by molar-refractivity contribution is 0.660. The van der Waals surface area contributed by atoms with E-state index in [0.717, 1.165) is 5.56 Å². The first kappa shape index (κ1) is 29.1. The molecule has 50 heavy (non-hydrogen) atoms. The van der Waals surface area contributed by atoms with Crippen molar-refractivity contribution in [1.29, 1.82) is 0 Å². The van der Waals surface area contributed by atoms with E-state index in [4.69, 9.17) is 0 Å². The fourth-order valence-electron chi connectivity index (χ4n) is 9.23. The maximum Gasteiger partial charge on any atom is 0.115 e. The minimum absolute atomic E-state index is 0.0641. The van der Waals surface area contributed by atoms with Crippen molar-refractivity contribution in [2.75, 3.05) is 0 Å². The van der Waals surface area contributed by atoms with Gasteiger partial charge in [-0.05, 0) is 100 Å². The lowest BCUT2D eigenvalue weighted by Crippen LogP contribution is -2.14. The number of hydrogen-bond acceptors (Lipinski definition) is 2. The van der Waals surface area contributed by atoms with Gasteiger partial charge in [0.15, 0.2) is 0 Å². The van der Waals surface area contributed by atoms with Gasteiger partial charge in [0.2, 0.25) is 0 Å². The highest BCUT2D eigenvalue weighted by molar-refractivity contribution is 6.23. The molecule has 1 heterocycles. The average molecular weight is 641 g/mol. The van der Waals surface area contributed by atoms with Gasteiger partial charge in [-0.1, -0.05) is 143 Å². The first-order valence-electron chi connectivity index (χ1n) is 17.6. The predicted molar refractivity (Wildman–Crippen MR) is 208 cm³/mol. The van der Waals surface area contributed by atoms with Crippen molar-refractivity contribution in [3.8, 4) is 55.6 Å². The summed E-state index contributed by atoms with van der Waals surface area (Å²) in [6.45, 7) is 9.44. The van der Waals surface area contributed by atoms with Crippen molar-refractivity contribution in [3.63, 3.8) is 0 Å². The monoisotopic (exact) mass is 640 g/mol. The van der Waals surface area contributed by atoms with Crippen LogP contribution in [0.15, 0.2) is 146 Å². The largest absolute Gasteiger partial charge is 0.244 e. The standard InChI is InChI=1S/C48H36N2/c1-47(2)41-18-10-8-15-37(41)46-38(16-11-19-42(46)47)45-35-14-6-5-13-34(35)44(31-26-49-28-50-27-31)36-23-21-29(24-39(36)45)30-20-22-33-32-12-7-9-17-40(32)48(3,4)43(33)25-30/h5-28H,1-4H3. The molecule has 10 rings (SSSR count). The van der Waals surface area contributed by atoms with E-state index in [0.29, 0.717) is 0 Å². The summed E-state index contributed by atoms with van der Waals surface area (Å²) in [5.74, 6) is 0. The van der Waals surface area contributed by atoms with Gasteiger partial charge in [-0.15, -0.1) is 0 Å². The third-order valence-electron chi connectivity index (χ3n) is 11.7. The van der Waals surface area contributed by atoms with Crippen molar-refractivity contribution in [2.24, 2.45) is 0 Å². The highest BCUT2D eigenvalue weighted by atomic mass is 14.8. The Morgan fingerprint density at radius 3 is 1.68 bits per heavy atom. The van der Waals surface area contributed by atoms with Gasteiger partial charge >= 0.3 is 0 Å². The first-order valence-corrected chi connectivity index (χ1v) is 17.6. The van der Waals surface area contributed by atoms with Crippen LogP contribution < -0.4 is 0 Å². The van der Waals surface area contributed by atoms with E-state index in [1.54, 1.807) is 6.33 Å². The maximum atomic E-state index is 4.46. The summed E-state index contributed by atoms with van der Waals surface area (Å²) in [6.07, 6.45) is 5.50. The van der Waals surface area contributed by atoms with E-state index in [1.807, 2.05) is 12.4 Å². The van der Waals surface area contributed by atoms with Crippen molar-refractivity contribution in [3.05, 3.63) is 168 Å². The summed E-state index contributed by atoms with van der Waals surface area (Å²) in [5.41, 5.74) is 18.0. The number of nitrogens with zero attached hydrogens (tertiary/aromatic N) is 2. The maximum absolute atomic E-state index is 4.46. The zero-order valence-corrected chi connectivity index (χ0v) is 28.8. The third-order valence-corrected chi connectivity index (χ3v) is 11.7. The molecular formula is C48H36N2. The Kier molecular flexibility index (Phi) is 6.01. The molecule has 0 N–H and O–H groups in total. The molecule has 0 bridgehead atoms. The van der Waals surface area contributed by atoms with Gasteiger partial charge in [0.1, 0.15) is 6.33 Å². The Balaban J connectivity index is 1.30. The molecule has 0 amide bonds. The van der Waals surface area contributed by atoms with E-state index in [2.05, 4.69) is 165 Å². The second kappa shape index (κ2) is 10.3. The minimum Gasteiger partial charge on any atom is -0.244 e. The minimum atomic E-state index is -0.0885. The Morgan fingerprint density at radius 2 is 0.900 bits per heavy atom. The van der Waals surface area contributed by atoms with Crippen LogP contribution in [0, 0.1) is 0 Å². The van der Waals surface area contributed by atoms with Crippen LogP contribution in [0.3, 0.4) is 0 Å². The molecule has 0 saturated carbocycles. The van der Waals surface area contributed by atoms with E-state index in [1.165, 1.54) is 93.9 Å². The molecule has 0 unspecified atom stereocenters. The molecule has 0 spiro atoms. The SMILES string of the molecule is CC1(C)c2ccccc2-c2ccc(-c3ccc4c(-c5cncnc5)c5ccccc5c(-c5cccc6c5-c5ccccc5C6(C)C)c4c3)cc21. The van der Waals surface area contributed by atoms with Crippen LogP contribution in [0.4, 0.5) is 0 Å². The molecule has 8 aromatic rings. The van der Waals surface area contributed by atoms with Gasteiger partial charge in [0.05, 0.1) is 0 Å². The van der Waals surface area contributed by atoms with Crippen LogP contribution in [-0.4, -0.2) is 9.97 Å². The smallest absolute Gasteiger partial charge is 0.115 e. The van der Waals surface area contributed by atoms with Crippen LogP contribution in [0.5, 0.6) is 0 Å². The number of hydrogen-bond donors (Lipinski definition) is 0. The van der Waals surface area contributed by atoms with E-state index >= 15 is 0 Å². The zero-order chi connectivity index (χ0) is 33.8. The Morgan fingerprint density at radius 1 is 0.360 bits per heavy atom. The summed E-state index contributed by atoms with van der Waals surface area (Å²) in [4.78, 5) is 8.92. The summed E-state index contributed by atoms with van der Waals surface area (Å²) >= 11 is 0. The van der Waals surface area contributed by atoms with Crippen LogP contribution >= 0.6 is 0 Å². The third kappa shape index (κ3) is 3.91. The van der Waals surface area contributed by atoms with Gasteiger partial charge < -0.3 is 0 Å². The van der Waals surface area contributed by atoms with Crippen molar-refractivity contribution < 1.29 is 0 Å². The molecule has 2 heteroatoms. The highest BCUT2D eigenvalue weighted by Gasteiger charge is 2.38. The molecule has 0 saturated heterocycles. The van der Waals surface area contributed by atoms with E-state index in [9.17, 15) is 0 Å². The van der Waals surface area contributed by atoms with Crippen LogP contribution in [0.1, 0.15) is 49.9 Å². The quantitative estimate of drug-likeness (QED) is 0.180. The normalized spacial score (nSPS) is 14.7. The lowest BCUT2D eigenvalue weighted by Gasteiger charge is -2.23. The highest BCUT2D eigenvalue weighted by Crippen LogP contribution is 2.55. The summed E-state index contributed by atoms with van der Waals surface area (Å²) in [6, 6.07) is 47.8. The second-order valence-corrected chi connectivity index (χ2v) is 15.0. The molecule has 0 atom stereocenters. The number of benzene rings is 7. The van der Waals surface area contributed by atoms with Crippen LogP contribution in [0.2, 0.25) is 0 Å².